The van der Waals surface area contributed by atoms with Gasteiger partial charge in [0, 0.05) is 11.8 Å². The van der Waals surface area contributed by atoms with Crippen molar-refractivity contribution in [3.8, 4) is 5.75 Å². The zero-order valence-corrected chi connectivity index (χ0v) is 14.4. The van der Waals surface area contributed by atoms with Crippen molar-refractivity contribution >= 4 is 17.6 Å². The third kappa shape index (κ3) is 5.53. The van der Waals surface area contributed by atoms with Gasteiger partial charge in [-0.25, -0.2) is 0 Å². The van der Waals surface area contributed by atoms with Crippen LogP contribution in [0.4, 0.5) is 5.69 Å². The topological polar surface area (TPSA) is 67.9 Å². The molecule has 1 heterocycles. The molecule has 0 aromatic heterocycles. The number of esters is 1. The Hall–Kier alpha value is -2.08. The van der Waals surface area contributed by atoms with E-state index in [1.54, 1.807) is 0 Å². The lowest BCUT2D eigenvalue weighted by atomic mass is 9.97. The van der Waals surface area contributed by atoms with E-state index in [4.69, 9.17) is 9.47 Å². The van der Waals surface area contributed by atoms with Crippen LogP contribution in [0.1, 0.15) is 26.7 Å². The number of nitrogens with zero attached hydrogens (tertiary/aromatic N) is 1. The first-order chi connectivity index (χ1) is 11.6. The predicted molar refractivity (Wildman–Crippen MR) is 92.0 cm³/mol. The summed E-state index contributed by atoms with van der Waals surface area (Å²) in [5, 5.41) is 2.89. The van der Waals surface area contributed by atoms with Crippen LogP contribution in [-0.4, -0.2) is 49.6 Å². The number of ether oxygens (including phenoxy) is 2. The zero-order valence-electron chi connectivity index (χ0n) is 14.4. The molecule has 0 saturated carbocycles. The van der Waals surface area contributed by atoms with Crippen LogP contribution in [0.25, 0.3) is 0 Å². The fourth-order valence-corrected chi connectivity index (χ4v) is 2.82. The standard InChI is InChI=1S/C18H26N2O4/c1-3-23-16-7-5-6-15(12-16)19-17(21)13-20-10-8-14(9-11-20)18(22)24-4-2/h5-7,12,14H,3-4,8-11,13H2,1-2H3,(H,19,21). The van der Waals surface area contributed by atoms with Gasteiger partial charge in [0.1, 0.15) is 5.75 Å². The molecule has 0 unspecified atom stereocenters. The first-order valence-corrected chi connectivity index (χ1v) is 8.54. The molecule has 2 rings (SSSR count). The van der Waals surface area contributed by atoms with Gasteiger partial charge in [-0.05, 0) is 51.9 Å². The number of carbonyl (C=O) groups is 2. The fourth-order valence-electron chi connectivity index (χ4n) is 2.82. The number of hydrogen-bond acceptors (Lipinski definition) is 5. The molecule has 0 aliphatic carbocycles. The van der Waals surface area contributed by atoms with E-state index in [0.29, 0.717) is 19.8 Å². The Kier molecular flexibility index (Phi) is 7.06. The second kappa shape index (κ2) is 9.27. The Labute approximate surface area is 143 Å². The van der Waals surface area contributed by atoms with Crippen LogP contribution in [0.5, 0.6) is 5.75 Å². The summed E-state index contributed by atoms with van der Waals surface area (Å²) < 4.78 is 10.5. The molecule has 1 aliphatic heterocycles. The Bertz CT molecular complexity index is 554. The highest BCUT2D eigenvalue weighted by Gasteiger charge is 2.26. The number of amides is 1. The average Bonchev–Trinajstić information content (AvgIpc) is 2.56. The SMILES string of the molecule is CCOC(=O)C1CCN(CC(=O)Nc2cccc(OCC)c2)CC1. The second-order valence-electron chi connectivity index (χ2n) is 5.81. The van der Waals surface area contributed by atoms with E-state index in [1.807, 2.05) is 38.1 Å². The largest absolute Gasteiger partial charge is 0.494 e. The number of rotatable bonds is 7. The van der Waals surface area contributed by atoms with Crippen molar-refractivity contribution in [1.82, 2.24) is 4.90 Å². The molecule has 1 aliphatic rings. The number of hydrogen-bond donors (Lipinski definition) is 1. The van der Waals surface area contributed by atoms with E-state index in [0.717, 1.165) is 37.4 Å². The third-order valence-electron chi connectivity index (χ3n) is 4.00. The summed E-state index contributed by atoms with van der Waals surface area (Å²) in [5.41, 5.74) is 0.729. The molecule has 1 amide bonds. The van der Waals surface area contributed by atoms with Gasteiger partial charge in [-0.15, -0.1) is 0 Å². The molecule has 24 heavy (non-hydrogen) atoms. The maximum atomic E-state index is 12.2. The summed E-state index contributed by atoms with van der Waals surface area (Å²) in [4.78, 5) is 26.0. The number of anilines is 1. The molecule has 0 spiro atoms. The fraction of sp³-hybridized carbons (Fsp3) is 0.556. The van der Waals surface area contributed by atoms with E-state index in [9.17, 15) is 9.59 Å². The molecular weight excluding hydrogens is 308 g/mol. The molecule has 132 valence electrons. The molecule has 0 radical (unpaired) electrons. The van der Waals surface area contributed by atoms with Crippen LogP contribution in [-0.2, 0) is 14.3 Å². The minimum absolute atomic E-state index is 0.0351. The van der Waals surface area contributed by atoms with Crippen molar-refractivity contribution in [3.63, 3.8) is 0 Å². The molecule has 1 aromatic carbocycles. The van der Waals surface area contributed by atoms with Gasteiger partial charge in [-0.3, -0.25) is 14.5 Å². The van der Waals surface area contributed by atoms with Gasteiger partial charge >= 0.3 is 5.97 Å². The van der Waals surface area contributed by atoms with E-state index in [1.165, 1.54) is 0 Å². The molecule has 6 nitrogen and oxygen atoms in total. The quantitative estimate of drug-likeness (QED) is 0.775. The highest BCUT2D eigenvalue weighted by molar-refractivity contribution is 5.92. The predicted octanol–water partition coefficient (Wildman–Crippen LogP) is 2.30. The highest BCUT2D eigenvalue weighted by Crippen LogP contribution is 2.20. The van der Waals surface area contributed by atoms with Crippen molar-refractivity contribution in [2.24, 2.45) is 5.92 Å². The molecule has 0 bridgehead atoms. The highest BCUT2D eigenvalue weighted by atomic mass is 16.5. The second-order valence-corrected chi connectivity index (χ2v) is 5.81. The summed E-state index contributed by atoms with van der Waals surface area (Å²) in [6, 6.07) is 7.37. The first kappa shape index (κ1) is 18.3. The molecule has 1 aromatic rings. The normalized spacial score (nSPS) is 15.8. The average molecular weight is 334 g/mol. The number of likely N-dealkylation sites (tertiary alicyclic amines) is 1. The van der Waals surface area contributed by atoms with Crippen LogP contribution < -0.4 is 10.1 Å². The number of piperidine rings is 1. The maximum Gasteiger partial charge on any atom is 0.309 e. The summed E-state index contributed by atoms with van der Waals surface area (Å²) in [5.74, 6) is 0.533. The van der Waals surface area contributed by atoms with E-state index in [2.05, 4.69) is 10.2 Å². The van der Waals surface area contributed by atoms with Crippen molar-refractivity contribution in [2.45, 2.75) is 26.7 Å². The molecular formula is C18H26N2O4. The molecule has 0 atom stereocenters. The van der Waals surface area contributed by atoms with E-state index in [-0.39, 0.29) is 17.8 Å². The van der Waals surface area contributed by atoms with E-state index < -0.39 is 0 Å². The maximum absolute atomic E-state index is 12.2. The lowest BCUT2D eigenvalue weighted by Crippen LogP contribution is -2.41. The number of benzene rings is 1. The number of nitrogens with one attached hydrogen (secondary N) is 1. The lowest BCUT2D eigenvalue weighted by Gasteiger charge is -2.30. The Morgan fingerprint density at radius 2 is 1.96 bits per heavy atom. The molecule has 6 heteroatoms. The lowest BCUT2D eigenvalue weighted by molar-refractivity contribution is -0.149. The van der Waals surface area contributed by atoms with Crippen molar-refractivity contribution < 1.29 is 19.1 Å². The monoisotopic (exact) mass is 334 g/mol. The van der Waals surface area contributed by atoms with Crippen LogP contribution >= 0.6 is 0 Å². The van der Waals surface area contributed by atoms with E-state index >= 15 is 0 Å². The van der Waals surface area contributed by atoms with Crippen LogP contribution in [0.15, 0.2) is 24.3 Å². The third-order valence-corrected chi connectivity index (χ3v) is 4.00. The molecule has 1 saturated heterocycles. The van der Waals surface area contributed by atoms with Crippen LogP contribution in [0.3, 0.4) is 0 Å². The van der Waals surface area contributed by atoms with Gasteiger partial charge in [-0.1, -0.05) is 6.07 Å². The first-order valence-electron chi connectivity index (χ1n) is 8.54. The van der Waals surface area contributed by atoms with Gasteiger partial charge in [0.25, 0.3) is 0 Å². The Morgan fingerprint density at radius 1 is 1.21 bits per heavy atom. The smallest absolute Gasteiger partial charge is 0.309 e. The van der Waals surface area contributed by atoms with Crippen molar-refractivity contribution in [1.29, 1.82) is 0 Å². The van der Waals surface area contributed by atoms with Gasteiger partial charge < -0.3 is 14.8 Å². The Morgan fingerprint density at radius 3 is 2.62 bits per heavy atom. The summed E-state index contributed by atoms with van der Waals surface area (Å²) in [6.45, 7) is 6.54. The summed E-state index contributed by atoms with van der Waals surface area (Å²) >= 11 is 0. The number of carbonyl (C=O) groups excluding carboxylic acids is 2. The van der Waals surface area contributed by atoms with Crippen molar-refractivity contribution in [2.75, 3.05) is 38.2 Å². The van der Waals surface area contributed by atoms with Crippen LogP contribution in [0, 0.1) is 5.92 Å². The zero-order chi connectivity index (χ0) is 17.4. The van der Waals surface area contributed by atoms with Crippen LogP contribution in [0.2, 0.25) is 0 Å². The Balaban J connectivity index is 1.77. The molecule has 1 N–H and O–H groups in total. The van der Waals surface area contributed by atoms with Gasteiger partial charge in [0.2, 0.25) is 5.91 Å². The van der Waals surface area contributed by atoms with Gasteiger partial charge in [-0.2, -0.15) is 0 Å². The van der Waals surface area contributed by atoms with Gasteiger partial charge in [0.15, 0.2) is 0 Å². The summed E-state index contributed by atoms with van der Waals surface area (Å²) in [6.07, 6.45) is 1.48. The minimum atomic E-state index is -0.116. The van der Waals surface area contributed by atoms with Crippen molar-refractivity contribution in [3.05, 3.63) is 24.3 Å². The van der Waals surface area contributed by atoms with Gasteiger partial charge in [0.05, 0.1) is 25.7 Å². The summed E-state index contributed by atoms with van der Waals surface area (Å²) in [7, 11) is 0. The minimum Gasteiger partial charge on any atom is -0.494 e. The molecule has 1 fully saturated rings.